The van der Waals surface area contributed by atoms with E-state index >= 15 is 0 Å². The van der Waals surface area contributed by atoms with Crippen LogP contribution >= 0.6 is 0 Å². The highest BCUT2D eigenvalue weighted by Gasteiger charge is 1.95. The first kappa shape index (κ1) is 26.9. The van der Waals surface area contributed by atoms with Crippen molar-refractivity contribution < 1.29 is 14.3 Å². The van der Waals surface area contributed by atoms with Gasteiger partial charge in [-0.15, -0.1) is 0 Å². The number of carbonyl (C=O) groups is 2. The molecule has 0 spiro atoms. The third kappa shape index (κ3) is 44.0. The molecule has 0 aromatic heterocycles. The van der Waals surface area contributed by atoms with Crippen LogP contribution in [0.5, 0.6) is 0 Å². The lowest BCUT2D eigenvalue weighted by molar-refractivity contribution is -0.140. The van der Waals surface area contributed by atoms with Crippen LogP contribution in [0, 0.1) is 11.3 Å². The molecule has 0 unspecified atom stereocenters. The monoisotopic (exact) mass is 288 g/mol. The second kappa shape index (κ2) is 26.1. The molecule has 5 nitrogen and oxygen atoms in total. The summed E-state index contributed by atoms with van der Waals surface area (Å²) in [4.78, 5) is 22.0. The maximum Gasteiger partial charge on any atom is 0.305 e. The van der Waals surface area contributed by atoms with Crippen molar-refractivity contribution in [3.8, 4) is 6.07 Å². The van der Waals surface area contributed by atoms with Gasteiger partial charge in [0.25, 0.3) is 0 Å². The summed E-state index contributed by atoms with van der Waals surface area (Å²) >= 11 is 0. The average Bonchev–Trinajstić information content (AvgIpc) is 2.46. The van der Waals surface area contributed by atoms with Crippen molar-refractivity contribution >= 4 is 11.9 Å². The highest BCUT2D eigenvalue weighted by Crippen LogP contribution is 1.81. The number of amides is 1. The highest BCUT2D eigenvalue weighted by atomic mass is 16.5. The number of ether oxygens (including phenoxy) is 1. The van der Waals surface area contributed by atoms with Gasteiger partial charge in [-0.25, -0.2) is 0 Å². The molecular weight excluding hydrogens is 256 g/mol. The largest absolute Gasteiger partial charge is 0.469 e. The maximum absolute atomic E-state index is 10.4. The maximum atomic E-state index is 10.4. The van der Waals surface area contributed by atoms with E-state index in [1.54, 1.807) is 25.9 Å². The smallest absolute Gasteiger partial charge is 0.305 e. The molecule has 0 aliphatic heterocycles. The van der Waals surface area contributed by atoms with Gasteiger partial charge in [0.05, 0.1) is 13.2 Å². The number of nitriles is 1. The van der Waals surface area contributed by atoms with Gasteiger partial charge in [0.2, 0.25) is 5.91 Å². The first-order chi connectivity index (χ1) is 9.32. The summed E-state index contributed by atoms with van der Waals surface area (Å²) in [5.74, 6) is 0.0231. The minimum Gasteiger partial charge on any atom is -0.469 e. The van der Waals surface area contributed by atoms with Crippen LogP contribution in [0.4, 0.5) is 0 Å². The molecule has 0 heterocycles. The summed E-state index contributed by atoms with van der Waals surface area (Å²) in [6, 6.07) is 1.93. The molecule has 0 aliphatic rings. The molecule has 120 valence electrons. The third-order valence-corrected chi connectivity index (χ3v) is 1.48. The lowest BCUT2D eigenvalue weighted by atomic mass is 10.4. The minimum absolute atomic E-state index is 0.157. The zero-order valence-corrected chi connectivity index (χ0v) is 14.4. The molecule has 0 bridgehead atoms. The first-order valence-corrected chi connectivity index (χ1v) is 6.96. The van der Waals surface area contributed by atoms with Crippen LogP contribution in [-0.4, -0.2) is 38.0 Å². The van der Waals surface area contributed by atoms with Crippen molar-refractivity contribution in [1.29, 1.82) is 5.26 Å². The quantitative estimate of drug-likeness (QED) is 0.730. The Morgan fingerprint density at radius 2 is 1.40 bits per heavy atom. The van der Waals surface area contributed by atoms with Crippen LogP contribution in [0.2, 0.25) is 0 Å². The summed E-state index contributed by atoms with van der Waals surface area (Å²) in [5.41, 5.74) is 0. The average molecular weight is 288 g/mol. The van der Waals surface area contributed by atoms with Gasteiger partial charge in [0, 0.05) is 33.4 Å². The van der Waals surface area contributed by atoms with E-state index in [2.05, 4.69) is 18.6 Å². The molecule has 5 heteroatoms. The Kier molecular flexibility index (Phi) is 35.1. The Morgan fingerprint density at radius 1 is 1.05 bits per heavy atom. The van der Waals surface area contributed by atoms with Crippen molar-refractivity contribution in [1.82, 2.24) is 4.90 Å². The normalized spacial score (nSPS) is 7.15. The number of hydrogen-bond acceptors (Lipinski definition) is 4. The van der Waals surface area contributed by atoms with Crippen LogP contribution in [0.3, 0.4) is 0 Å². The Hall–Kier alpha value is -1.57. The fraction of sp³-hybridized carbons (Fsp3) is 0.800. The van der Waals surface area contributed by atoms with E-state index in [1.807, 2.05) is 19.9 Å². The van der Waals surface area contributed by atoms with Crippen molar-refractivity contribution in [2.24, 2.45) is 0 Å². The molecular formula is C15H32N2O3. The topological polar surface area (TPSA) is 70.4 Å². The van der Waals surface area contributed by atoms with Gasteiger partial charge in [-0.2, -0.15) is 5.26 Å². The van der Waals surface area contributed by atoms with E-state index in [-0.39, 0.29) is 11.9 Å². The molecule has 0 N–H and O–H groups in total. The second-order valence-electron chi connectivity index (χ2n) is 3.79. The lowest BCUT2D eigenvalue weighted by Gasteiger charge is -2.05. The van der Waals surface area contributed by atoms with Gasteiger partial charge < -0.3 is 9.64 Å². The van der Waals surface area contributed by atoms with Crippen molar-refractivity contribution in [2.45, 2.75) is 60.3 Å². The van der Waals surface area contributed by atoms with Crippen molar-refractivity contribution in [2.75, 3.05) is 21.2 Å². The summed E-state index contributed by atoms with van der Waals surface area (Å²) < 4.78 is 4.26. The molecule has 0 atom stereocenters. The molecule has 0 radical (unpaired) electrons. The predicted octanol–water partition coefficient (Wildman–Crippen LogP) is 3.39. The zero-order valence-electron chi connectivity index (χ0n) is 14.4. The first-order valence-electron chi connectivity index (χ1n) is 6.96. The van der Waals surface area contributed by atoms with Gasteiger partial charge in [-0.05, 0) is 0 Å². The molecule has 0 rings (SSSR count). The Bertz CT molecular complexity index is 240. The van der Waals surface area contributed by atoms with Gasteiger partial charge in [-0.1, -0.05) is 41.0 Å². The van der Waals surface area contributed by atoms with Crippen LogP contribution in [-0.2, 0) is 14.3 Å². The number of nitrogens with zero attached hydrogens (tertiary/aromatic N) is 2. The van der Waals surface area contributed by atoms with Gasteiger partial charge >= 0.3 is 5.97 Å². The number of esters is 1. The molecule has 0 aromatic rings. The van der Waals surface area contributed by atoms with E-state index < -0.39 is 0 Å². The van der Waals surface area contributed by atoms with E-state index in [4.69, 9.17) is 5.26 Å². The zero-order chi connectivity index (χ0) is 17.0. The van der Waals surface area contributed by atoms with Gasteiger partial charge in [0.15, 0.2) is 0 Å². The predicted molar refractivity (Wildman–Crippen MR) is 83.2 cm³/mol. The number of carbonyl (C=O) groups excluding carboxylic acids is 2. The molecule has 1 amide bonds. The summed E-state index contributed by atoms with van der Waals surface area (Å²) in [7, 11) is 4.89. The van der Waals surface area contributed by atoms with E-state index in [0.29, 0.717) is 19.3 Å². The lowest BCUT2D eigenvalue weighted by Crippen LogP contribution is -2.19. The van der Waals surface area contributed by atoms with Crippen LogP contribution < -0.4 is 0 Å². The molecule has 20 heavy (non-hydrogen) atoms. The minimum atomic E-state index is -0.157. The van der Waals surface area contributed by atoms with E-state index in [0.717, 1.165) is 0 Å². The Morgan fingerprint density at radius 3 is 1.40 bits per heavy atom. The number of rotatable bonds is 2. The Balaban J connectivity index is -0.0000000899. The Labute approximate surface area is 124 Å². The fourth-order valence-corrected chi connectivity index (χ4v) is 0.461. The van der Waals surface area contributed by atoms with Gasteiger partial charge in [-0.3, -0.25) is 9.59 Å². The molecule has 0 aromatic carbocycles. The highest BCUT2D eigenvalue weighted by molar-refractivity contribution is 5.75. The van der Waals surface area contributed by atoms with E-state index in [9.17, 15) is 9.59 Å². The number of hydrogen-bond donors (Lipinski definition) is 0. The molecule has 0 saturated heterocycles. The second-order valence-corrected chi connectivity index (χ2v) is 3.79. The summed E-state index contributed by atoms with van der Waals surface area (Å²) in [6.45, 7) is 9.67. The standard InChI is InChI=1S/C5H11NO.C4H8O2.C3H5N.C3H8/c1-4-5(7)6(2)3;1-3-4(5)6-2;1-2-3-4;1-3-2/h4H2,1-3H3;3H2,1-2H3;2H2,1H3;3H2,1-2H3. The fourth-order valence-electron chi connectivity index (χ4n) is 0.461. The van der Waals surface area contributed by atoms with Crippen LogP contribution in [0.15, 0.2) is 0 Å². The van der Waals surface area contributed by atoms with Crippen LogP contribution in [0.1, 0.15) is 60.3 Å². The molecule has 0 fully saturated rings. The van der Waals surface area contributed by atoms with Crippen LogP contribution in [0.25, 0.3) is 0 Å². The molecule has 0 aliphatic carbocycles. The van der Waals surface area contributed by atoms with Crippen molar-refractivity contribution in [3.63, 3.8) is 0 Å². The van der Waals surface area contributed by atoms with E-state index in [1.165, 1.54) is 13.5 Å². The summed E-state index contributed by atoms with van der Waals surface area (Å²) in [5, 5.41) is 7.62. The number of methoxy groups -OCH3 is 1. The summed E-state index contributed by atoms with van der Waals surface area (Å²) in [6.07, 6.45) is 2.95. The molecule has 0 saturated carbocycles. The third-order valence-electron chi connectivity index (χ3n) is 1.48. The van der Waals surface area contributed by atoms with Crippen molar-refractivity contribution in [3.05, 3.63) is 0 Å². The SMILES string of the molecule is CCC.CCC#N.CCC(=O)N(C)C.CCC(=O)OC. The van der Waals surface area contributed by atoms with Gasteiger partial charge in [0.1, 0.15) is 0 Å².